The highest BCUT2D eigenvalue weighted by Crippen LogP contribution is 2.18. The summed E-state index contributed by atoms with van der Waals surface area (Å²) in [6.45, 7) is 7.94. The molecule has 0 fully saturated rings. The Morgan fingerprint density at radius 3 is 2.71 bits per heavy atom. The van der Waals surface area contributed by atoms with Crippen LogP contribution in [0, 0.1) is 13.8 Å². The minimum Gasteiger partial charge on any atom is -0.352 e. The summed E-state index contributed by atoms with van der Waals surface area (Å²) in [7, 11) is 0. The maximum Gasteiger partial charge on any atom is 0.251 e. The summed E-state index contributed by atoms with van der Waals surface area (Å²) in [5, 5.41) is 3.05. The molecule has 3 rings (SSSR count). The second-order valence-electron chi connectivity index (χ2n) is 6.72. The van der Waals surface area contributed by atoms with Crippen LogP contribution < -0.4 is 5.32 Å². The number of fused-ring (bicyclic) bond motifs is 1. The van der Waals surface area contributed by atoms with Crippen LogP contribution >= 0.6 is 0 Å². The van der Waals surface area contributed by atoms with Crippen LogP contribution in [-0.4, -0.2) is 30.4 Å². The van der Waals surface area contributed by atoms with Crippen molar-refractivity contribution in [2.75, 3.05) is 19.6 Å². The van der Waals surface area contributed by atoms with Gasteiger partial charge in [0, 0.05) is 31.7 Å². The Morgan fingerprint density at radius 1 is 1.12 bits per heavy atom. The molecule has 24 heavy (non-hydrogen) atoms. The molecule has 0 aromatic heterocycles. The van der Waals surface area contributed by atoms with Gasteiger partial charge in [-0.3, -0.25) is 9.69 Å². The molecule has 3 nitrogen and oxygen atoms in total. The number of hydrogen-bond acceptors (Lipinski definition) is 2. The van der Waals surface area contributed by atoms with E-state index in [1.165, 1.54) is 16.7 Å². The zero-order valence-corrected chi connectivity index (χ0v) is 14.6. The molecule has 0 bridgehead atoms. The van der Waals surface area contributed by atoms with Crippen LogP contribution in [0.3, 0.4) is 0 Å². The molecule has 1 amide bonds. The number of amides is 1. The van der Waals surface area contributed by atoms with Gasteiger partial charge >= 0.3 is 0 Å². The molecule has 0 saturated carbocycles. The van der Waals surface area contributed by atoms with E-state index in [1.54, 1.807) is 0 Å². The normalized spacial score (nSPS) is 14.2. The average Bonchev–Trinajstić information content (AvgIpc) is 2.58. The number of hydrogen-bond donors (Lipinski definition) is 1. The molecule has 1 aliphatic heterocycles. The monoisotopic (exact) mass is 322 g/mol. The fraction of sp³-hybridized carbons (Fsp3) is 0.381. The second kappa shape index (κ2) is 7.63. The van der Waals surface area contributed by atoms with Gasteiger partial charge in [-0.25, -0.2) is 0 Å². The Balaban J connectivity index is 1.44. The van der Waals surface area contributed by atoms with Crippen molar-refractivity contribution in [1.29, 1.82) is 0 Å². The third kappa shape index (κ3) is 4.04. The summed E-state index contributed by atoms with van der Waals surface area (Å²) in [4.78, 5) is 14.7. The van der Waals surface area contributed by atoms with Crippen LogP contribution in [0.4, 0.5) is 0 Å². The van der Waals surface area contributed by atoms with Crippen molar-refractivity contribution < 1.29 is 4.79 Å². The molecule has 2 aromatic carbocycles. The minimum absolute atomic E-state index is 0.0384. The van der Waals surface area contributed by atoms with Gasteiger partial charge in [-0.15, -0.1) is 0 Å². The lowest BCUT2D eigenvalue weighted by molar-refractivity contribution is 0.0950. The lowest BCUT2D eigenvalue weighted by Crippen LogP contribution is -2.33. The number of benzene rings is 2. The number of carbonyl (C=O) groups excluding carboxylic acids is 1. The molecule has 0 aliphatic carbocycles. The van der Waals surface area contributed by atoms with Crippen molar-refractivity contribution >= 4 is 5.91 Å². The molecule has 2 aromatic rings. The fourth-order valence-corrected chi connectivity index (χ4v) is 3.41. The van der Waals surface area contributed by atoms with Gasteiger partial charge in [-0.1, -0.05) is 42.0 Å². The Morgan fingerprint density at radius 2 is 1.92 bits per heavy atom. The number of aryl methyl sites for hydroxylation is 2. The van der Waals surface area contributed by atoms with Gasteiger partial charge in [0.05, 0.1) is 0 Å². The van der Waals surface area contributed by atoms with Crippen molar-refractivity contribution in [3.05, 3.63) is 70.3 Å². The van der Waals surface area contributed by atoms with Gasteiger partial charge in [0.15, 0.2) is 0 Å². The zero-order valence-electron chi connectivity index (χ0n) is 14.6. The lowest BCUT2D eigenvalue weighted by atomic mass is 10.00. The summed E-state index contributed by atoms with van der Waals surface area (Å²) in [5.74, 6) is 0.0384. The third-order valence-electron chi connectivity index (χ3n) is 4.77. The molecule has 1 heterocycles. The van der Waals surface area contributed by atoms with Crippen molar-refractivity contribution in [3.8, 4) is 0 Å². The topological polar surface area (TPSA) is 32.3 Å². The predicted molar refractivity (Wildman–Crippen MR) is 98.3 cm³/mol. The SMILES string of the molecule is Cc1ccc(C(=O)NCCCN2CCc3ccccc3C2)c(C)c1. The molecule has 3 heteroatoms. The standard InChI is InChI=1S/C21H26N2O/c1-16-8-9-20(17(2)14-16)21(24)22-11-5-12-23-13-10-18-6-3-4-7-19(18)15-23/h3-4,6-9,14H,5,10-13,15H2,1-2H3,(H,22,24). The summed E-state index contributed by atoms with van der Waals surface area (Å²) in [6.07, 6.45) is 2.11. The van der Waals surface area contributed by atoms with E-state index < -0.39 is 0 Å². The van der Waals surface area contributed by atoms with Gasteiger partial charge in [0.2, 0.25) is 0 Å². The van der Waals surface area contributed by atoms with E-state index in [4.69, 9.17) is 0 Å². The first-order valence-electron chi connectivity index (χ1n) is 8.78. The van der Waals surface area contributed by atoms with E-state index in [-0.39, 0.29) is 5.91 Å². The van der Waals surface area contributed by atoms with Crippen LogP contribution in [0.1, 0.15) is 39.0 Å². The van der Waals surface area contributed by atoms with Crippen molar-refractivity contribution in [2.24, 2.45) is 0 Å². The van der Waals surface area contributed by atoms with E-state index in [0.717, 1.165) is 50.1 Å². The summed E-state index contributed by atoms with van der Waals surface area (Å²) in [6, 6.07) is 14.7. The van der Waals surface area contributed by atoms with E-state index in [1.807, 2.05) is 26.0 Å². The van der Waals surface area contributed by atoms with Crippen LogP contribution in [0.2, 0.25) is 0 Å². The Hall–Kier alpha value is -2.13. The maximum atomic E-state index is 12.3. The first kappa shape index (κ1) is 16.7. The number of nitrogens with zero attached hydrogens (tertiary/aromatic N) is 1. The van der Waals surface area contributed by atoms with Crippen LogP contribution in [0.5, 0.6) is 0 Å². The van der Waals surface area contributed by atoms with Gasteiger partial charge in [0.1, 0.15) is 0 Å². The molecule has 126 valence electrons. The van der Waals surface area contributed by atoms with Gasteiger partial charge in [-0.2, -0.15) is 0 Å². The Kier molecular flexibility index (Phi) is 5.31. The van der Waals surface area contributed by atoms with Crippen molar-refractivity contribution in [2.45, 2.75) is 33.2 Å². The smallest absolute Gasteiger partial charge is 0.251 e. The summed E-state index contributed by atoms with van der Waals surface area (Å²) < 4.78 is 0. The molecule has 0 saturated heterocycles. The quantitative estimate of drug-likeness (QED) is 0.855. The minimum atomic E-state index is 0.0384. The van der Waals surface area contributed by atoms with Crippen molar-refractivity contribution in [1.82, 2.24) is 10.2 Å². The first-order chi connectivity index (χ1) is 11.6. The summed E-state index contributed by atoms with van der Waals surface area (Å²) in [5.41, 5.74) is 5.95. The fourth-order valence-electron chi connectivity index (χ4n) is 3.41. The molecule has 0 spiro atoms. The maximum absolute atomic E-state index is 12.3. The average molecular weight is 322 g/mol. The lowest BCUT2D eigenvalue weighted by Gasteiger charge is -2.28. The molecule has 1 aliphatic rings. The molecule has 0 radical (unpaired) electrons. The number of carbonyl (C=O) groups is 1. The largest absolute Gasteiger partial charge is 0.352 e. The molecule has 1 N–H and O–H groups in total. The highest BCUT2D eigenvalue weighted by Gasteiger charge is 2.15. The van der Waals surface area contributed by atoms with E-state index in [2.05, 4.69) is 40.5 Å². The summed E-state index contributed by atoms with van der Waals surface area (Å²) >= 11 is 0. The van der Waals surface area contributed by atoms with Crippen molar-refractivity contribution in [3.63, 3.8) is 0 Å². The highest BCUT2D eigenvalue weighted by molar-refractivity contribution is 5.95. The Labute approximate surface area is 144 Å². The second-order valence-corrected chi connectivity index (χ2v) is 6.72. The molecular weight excluding hydrogens is 296 g/mol. The van der Waals surface area contributed by atoms with E-state index >= 15 is 0 Å². The molecule has 0 atom stereocenters. The molecular formula is C21H26N2O. The van der Waals surface area contributed by atoms with Crippen LogP contribution in [0.15, 0.2) is 42.5 Å². The number of rotatable bonds is 5. The van der Waals surface area contributed by atoms with Gasteiger partial charge in [-0.05, 0) is 49.4 Å². The third-order valence-corrected chi connectivity index (χ3v) is 4.77. The van der Waals surface area contributed by atoms with Crippen LogP contribution in [-0.2, 0) is 13.0 Å². The Bertz CT molecular complexity index is 724. The highest BCUT2D eigenvalue weighted by atomic mass is 16.1. The van der Waals surface area contributed by atoms with E-state index in [9.17, 15) is 4.79 Å². The number of nitrogens with one attached hydrogen (secondary N) is 1. The van der Waals surface area contributed by atoms with Crippen LogP contribution in [0.25, 0.3) is 0 Å². The van der Waals surface area contributed by atoms with E-state index in [0.29, 0.717) is 0 Å². The predicted octanol–water partition coefficient (Wildman–Crippen LogP) is 3.48. The zero-order chi connectivity index (χ0) is 16.9. The van der Waals surface area contributed by atoms with Gasteiger partial charge in [0.25, 0.3) is 5.91 Å². The molecule has 0 unspecified atom stereocenters. The first-order valence-corrected chi connectivity index (χ1v) is 8.78. The van der Waals surface area contributed by atoms with Gasteiger partial charge < -0.3 is 5.32 Å².